The van der Waals surface area contributed by atoms with Gasteiger partial charge in [0.2, 0.25) is 5.91 Å². The van der Waals surface area contributed by atoms with E-state index in [2.05, 4.69) is 15.2 Å². The maximum Gasteiger partial charge on any atom is 0.223 e. The van der Waals surface area contributed by atoms with Crippen LogP contribution in [0.25, 0.3) is 0 Å². The van der Waals surface area contributed by atoms with Crippen LogP contribution in [0.2, 0.25) is 5.02 Å². The molecule has 1 aliphatic rings. The molecule has 2 aromatic rings. The highest BCUT2D eigenvalue weighted by Gasteiger charge is 2.25. The number of halogens is 2. The van der Waals surface area contributed by atoms with E-state index in [0.717, 1.165) is 37.2 Å². The van der Waals surface area contributed by atoms with Gasteiger partial charge in [0.05, 0.1) is 0 Å². The molecular formula is C18H19ClFN3O. The van der Waals surface area contributed by atoms with Crippen molar-refractivity contribution in [3.63, 3.8) is 0 Å². The lowest BCUT2D eigenvalue weighted by Crippen LogP contribution is -2.40. The SMILES string of the molecule is O=C(NCc1ccc(F)cc1Cl)C1CCN(c2ccncc2)CC1. The van der Waals surface area contributed by atoms with Crippen molar-refractivity contribution in [3.8, 4) is 0 Å². The van der Waals surface area contributed by atoms with Crippen LogP contribution >= 0.6 is 11.6 Å². The number of amides is 1. The summed E-state index contributed by atoms with van der Waals surface area (Å²) < 4.78 is 13.0. The molecule has 6 heteroatoms. The lowest BCUT2D eigenvalue weighted by atomic mass is 9.95. The Balaban J connectivity index is 1.50. The van der Waals surface area contributed by atoms with E-state index in [0.29, 0.717) is 11.6 Å². The Labute approximate surface area is 145 Å². The molecule has 1 aromatic heterocycles. The number of aromatic nitrogens is 1. The Bertz CT molecular complexity index is 703. The fourth-order valence-corrected chi connectivity index (χ4v) is 3.18. The summed E-state index contributed by atoms with van der Waals surface area (Å²) in [6, 6.07) is 8.18. The molecule has 2 heterocycles. The van der Waals surface area contributed by atoms with E-state index in [1.165, 1.54) is 12.1 Å². The van der Waals surface area contributed by atoms with Gasteiger partial charge in [0, 0.05) is 48.7 Å². The summed E-state index contributed by atoms with van der Waals surface area (Å²) in [6.45, 7) is 2.02. The van der Waals surface area contributed by atoms with Crippen LogP contribution in [-0.4, -0.2) is 24.0 Å². The molecule has 1 N–H and O–H groups in total. The van der Waals surface area contributed by atoms with Crippen LogP contribution in [0, 0.1) is 11.7 Å². The number of piperidine rings is 1. The van der Waals surface area contributed by atoms with E-state index in [1.807, 2.05) is 12.1 Å². The number of pyridine rings is 1. The monoisotopic (exact) mass is 347 g/mol. The van der Waals surface area contributed by atoms with Crippen LogP contribution in [-0.2, 0) is 11.3 Å². The Hall–Kier alpha value is -2.14. The molecule has 0 spiro atoms. The maximum atomic E-state index is 13.0. The zero-order valence-corrected chi connectivity index (χ0v) is 14.0. The zero-order valence-electron chi connectivity index (χ0n) is 13.2. The topological polar surface area (TPSA) is 45.2 Å². The summed E-state index contributed by atoms with van der Waals surface area (Å²) in [5, 5.41) is 3.25. The van der Waals surface area contributed by atoms with E-state index in [4.69, 9.17) is 11.6 Å². The van der Waals surface area contributed by atoms with Crippen molar-refractivity contribution in [1.82, 2.24) is 10.3 Å². The van der Waals surface area contributed by atoms with Gasteiger partial charge < -0.3 is 10.2 Å². The third kappa shape index (κ3) is 4.03. The molecule has 1 aliphatic heterocycles. The average molecular weight is 348 g/mol. The first-order chi connectivity index (χ1) is 11.6. The van der Waals surface area contributed by atoms with Crippen LogP contribution in [0.1, 0.15) is 18.4 Å². The Morgan fingerprint density at radius 3 is 2.62 bits per heavy atom. The van der Waals surface area contributed by atoms with Gasteiger partial charge in [-0.1, -0.05) is 17.7 Å². The smallest absolute Gasteiger partial charge is 0.223 e. The summed E-state index contributed by atoms with van der Waals surface area (Å²) in [6.07, 6.45) is 5.18. The molecule has 126 valence electrons. The molecule has 1 fully saturated rings. The molecule has 0 aliphatic carbocycles. The Morgan fingerprint density at radius 2 is 1.96 bits per heavy atom. The Kier molecular flexibility index (Phi) is 5.30. The van der Waals surface area contributed by atoms with Crippen LogP contribution < -0.4 is 10.2 Å². The fourth-order valence-electron chi connectivity index (χ4n) is 2.95. The van der Waals surface area contributed by atoms with Crippen LogP contribution in [0.4, 0.5) is 10.1 Å². The van der Waals surface area contributed by atoms with Crippen molar-refractivity contribution in [1.29, 1.82) is 0 Å². The van der Waals surface area contributed by atoms with Gasteiger partial charge in [0.15, 0.2) is 0 Å². The van der Waals surface area contributed by atoms with Crippen molar-refractivity contribution in [2.45, 2.75) is 19.4 Å². The van der Waals surface area contributed by atoms with Crippen molar-refractivity contribution < 1.29 is 9.18 Å². The van der Waals surface area contributed by atoms with Gasteiger partial charge in [-0.05, 0) is 42.7 Å². The molecule has 0 bridgehead atoms. The van der Waals surface area contributed by atoms with Gasteiger partial charge in [-0.3, -0.25) is 9.78 Å². The largest absolute Gasteiger partial charge is 0.371 e. The average Bonchev–Trinajstić information content (AvgIpc) is 2.62. The molecule has 0 radical (unpaired) electrons. The van der Waals surface area contributed by atoms with E-state index < -0.39 is 0 Å². The normalized spacial score (nSPS) is 15.3. The molecule has 1 amide bonds. The quantitative estimate of drug-likeness (QED) is 0.922. The molecule has 0 saturated carbocycles. The third-order valence-electron chi connectivity index (χ3n) is 4.36. The van der Waals surface area contributed by atoms with Crippen molar-refractivity contribution in [2.75, 3.05) is 18.0 Å². The van der Waals surface area contributed by atoms with Gasteiger partial charge in [-0.15, -0.1) is 0 Å². The molecule has 1 aromatic carbocycles. The summed E-state index contributed by atoms with van der Waals surface area (Å²) >= 11 is 5.98. The number of rotatable bonds is 4. The number of carbonyl (C=O) groups excluding carboxylic acids is 1. The van der Waals surface area contributed by atoms with Gasteiger partial charge in [0.25, 0.3) is 0 Å². The summed E-state index contributed by atoms with van der Waals surface area (Å²) in [4.78, 5) is 18.6. The fraction of sp³-hybridized carbons (Fsp3) is 0.333. The minimum atomic E-state index is -0.376. The number of hydrogen-bond acceptors (Lipinski definition) is 3. The third-order valence-corrected chi connectivity index (χ3v) is 4.71. The van der Waals surface area contributed by atoms with Crippen LogP contribution in [0.5, 0.6) is 0 Å². The number of nitrogens with one attached hydrogen (secondary N) is 1. The van der Waals surface area contributed by atoms with Gasteiger partial charge >= 0.3 is 0 Å². The van der Waals surface area contributed by atoms with Crippen molar-refractivity contribution >= 4 is 23.2 Å². The van der Waals surface area contributed by atoms with Crippen molar-refractivity contribution in [3.05, 3.63) is 59.1 Å². The predicted octanol–water partition coefficient (Wildman–Crippen LogP) is 3.41. The highest BCUT2D eigenvalue weighted by atomic mass is 35.5. The maximum absolute atomic E-state index is 13.0. The number of carbonyl (C=O) groups is 1. The molecule has 4 nitrogen and oxygen atoms in total. The molecule has 24 heavy (non-hydrogen) atoms. The second-order valence-electron chi connectivity index (χ2n) is 5.92. The van der Waals surface area contributed by atoms with Crippen molar-refractivity contribution in [2.24, 2.45) is 5.92 Å². The number of anilines is 1. The molecule has 3 rings (SSSR count). The van der Waals surface area contributed by atoms with E-state index in [-0.39, 0.29) is 17.6 Å². The summed E-state index contributed by atoms with van der Waals surface area (Å²) in [5.41, 5.74) is 1.86. The lowest BCUT2D eigenvalue weighted by molar-refractivity contribution is -0.125. The van der Waals surface area contributed by atoms with Gasteiger partial charge in [-0.25, -0.2) is 4.39 Å². The summed E-state index contributed by atoms with van der Waals surface area (Å²) in [5.74, 6) is -0.342. The summed E-state index contributed by atoms with van der Waals surface area (Å²) in [7, 11) is 0. The van der Waals surface area contributed by atoms with Gasteiger partial charge in [0.1, 0.15) is 5.82 Å². The number of nitrogens with zero attached hydrogens (tertiary/aromatic N) is 2. The first kappa shape index (κ1) is 16.7. The highest BCUT2D eigenvalue weighted by Crippen LogP contribution is 2.23. The highest BCUT2D eigenvalue weighted by molar-refractivity contribution is 6.31. The van der Waals surface area contributed by atoms with E-state index in [9.17, 15) is 9.18 Å². The minimum Gasteiger partial charge on any atom is -0.371 e. The molecule has 0 atom stereocenters. The predicted molar refractivity (Wildman–Crippen MR) is 92.4 cm³/mol. The van der Waals surface area contributed by atoms with E-state index in [1.54, 1.807) is 18.5 Å². The molecule has 0 unspecified atom stereocenters. The standard InChI is InChI=1S/C18H19ClFN3O/c19-17-11-15(20)2-1-14(17)12-22-18(24)13-5-9-23(10-6-13)16-3-7-21-8-4-16/h1-4,7-8,11,13H,5-6,9-10,12H2,(H,22,24). The first-order valence-electron chi connectivity index (χ1n) is 8.00. The lowest BCUT2D eigenvalue weighted by Gasteiger charge is -2.32. The number of hydrogen-bond donors (Lipinski definition) is 1. The molecule has 1 saturated heterocycles. The first-order valence-corrected chi connectivity index (χ1v) is 8.38. The van der Waals surface area contributed by atoms with Gasteiger partial charge in [-0.2, -0.15) is 0 Å². The van der Waals surface area contributed by atoms with Crippen LogP contribution in [0.3, 0.4) is 0 Å². The molecular weight excluding hydrogens is 329 g/mol. The Morgan fingerprint density at radius 1 is 1.25 bits per heavy atom. The van der Waals surface area contributed by atoms with E-state index >= 15 is 0 Å². The minimum absolute atomic E-state index is 0.00214. The second-order valence-corrected chi connectivity index (χ2v) is 6.33. The van der Waals surface area contributed by atoms with Crippen LogP contribution in [0.15, 0.2) is 42.7 Å². The number of benzene rings is 1. The zero-order chi connectivity index (χ0) is 16.9. The second kappa shape index (κ2) is 7.62.